The molecule has 27 heavy (non-hydrogen) atoms. The van der Waals surface area contributed by atoms with Gasteiger partial charge < -0.3 is 19.7 Å². The van der Waals surface area contributed by atoms with Gasteiger partial charge in [0, 0.05) is 32.0 Å². The Balaban J connectivity index is 1.59. The third kappa shape index (κ3) is 4.58. The molecule has 0 saturated carbocycles. The number of fused-ring (bicyclic) bond motifs is 1. The molecule has 2 aromatic rings. The molecule has 1 amide bonds. The topological polar surface area (TPSA) is 67.9 Å². The summed E-state index contributed by atoms with van der Waals surface area (Å²) in [6, 6.07) is 12.8. The first-order valence-corrected chi connectivity index (χ1v) is 9.11. The van der Waals surface area contributed by atoms with Crippen LogP contribution in [-0.2, 0) is 4.79 Å². The van der Waals surface area contributed by atoms with Crippen LogP contribution in [0.2, 0.25) is 0 Å². The van der Waals surface area contributed by atoms with Gasteiger partial charge in [0.05, 0.1) is 11.4 Å². The van der Waals surface area contributed by atoms with Crippen LogP contribution in [0.3, 0.4) is 0 Å². The highest BCUT2D eigenvalue weighted by Crippen LogP contribution is 2.31. The van der Waals surface area contributed by atoms with E-state index in [2.05, 4.69) is 10.2 Å². The molecule has 0 saturated heterocycles. The molecule has 0 aromatic heterocycles. The third-order valence-electron chi connectivity index (χ3n) is 4.51. The molecule has 2 aromatic carbocycles. The van der Waals surface area contributed by atoms with Crippen molar-refractivity contribution in [3.05, 3.63) is 48.0 Å². The maximum absolute atomic E-state index is 12.4. The highest BCUT2D eigenvalue weighted by Gasteiger charge is 2.16. The zero-order chi connectivity index (χ0) is 19.2. The van der Waals surface area contributed by atoms with Crippen molar-refractivity contribution >= 4 is 23.1 Å². The first kappa shape index (κ1) is 18.8. The largest absolute Gasteiger partial charge is 0.486 e. The molecule has 0 radical (unpaired) electrons. The molecule has 6 nitrogen and oxygen atoms in total. The van der Waals surface area contributed by atoms with E-state index in [1.807, 2.05) is 38.2 Å². The van der Waals surface area contributed by atoms with Gasteiger partial charge in [-0.2, -0.15) is 0 Å². The second-order valence-electron chi connectivity index (χ2n) is 6.36. The number of ether oxygens (including phenoxy) is 2. The van der Waals surface area contributed by atoms with Gasteiger partial charge in [0.2, 0.25) is 5.91 Å². The van der Waals surface area contributed by atoms with Crippen molar-refractivity contribution < 1.29 is 19.1 Å². The van der Waals surface area contributed by atoms with Gasteiger partial charge in [-0.25, -0.2) is 0 Å². The lowest BCUT2D eigenvalue weighted by Gasteiger charge is -2.20. The number of ketones is 1. The third-order valence-corrected chi connectivity index (χ3v) is 4.51. The van der Waals surface area contributed by atoms with E-state index >= 15 is 0 Å². The average Bonchev–Trinajstić information content (AvgIpc) is 2.71. The molecule has 1 N–H and O–H groups in total. The van der Waals surface area contributed by atoms with Crippen LogP contribution < -0.4 is 19.7 Å². The lowest BCUT2D eigenvalue weighted by Crippen LogP contribution is -2.20. The summed E-state index contributed by atoms with van der Waals surface area (Å²) >= 11 is 0. The summed E-state index contributed by atoms with van der Waals surface area (Å²) in [5.74, 6) is 0.944. The fourth-order valence-corrected chi connectivity index (χ4v) is 2.88. The molecule has 0 aliphatic carbocycles. The highest BCUT2D eigenvalue weighted by molar-refractivity contribution is 6.01. The maximum Gasteiger partial charge on any atom is 0.224 e. The van der Waals surface area contributed by atoms with Crippen LogP contribution >= 0.6 is 0 Å². The number of Topliss-reactive ketones (excluding diaryl/α,β-unsaturated/α-hetero) is 1. The smallest absolute Gasteiger partial charge is 0.224 e. The summed E-state index contributed by atoms with van der Waals surface area (Å²) in [5, 5.41) is 2.90. The van der Waals surface area contributed by atoms with Crippen LogP contribution in [0.15, 0.2) is 42.5 Å². The van der Waals surface area contributed by atoms with Gasteiger partial charge in [-0.05, 0) is 37.3 Å². The van der Waals surface area contributed by atoms with E-state index in [4.69, 9.17) is 9.47 Å². The summed E-state index contributed by atoms with van der Waals surface area (Å²) in [7, 11) is 1.97. The van der Waals surface area contributed by atoms with E-state index in [-0.39, 0.29) is 24.5 Å². The second kappa shape index (κ2) is 8.58. The summed E-state index contributed by atoms with van der Waals surface area (Å²) in [5.41, 5.74) is 2.23. The molecule has 6 heteroatoms. The van der Waals surface area contributed by atoms with Gasteiger partial charge in [-0.15, -0.1) is 0 Å². The molecule has 0 unspecified atom stereocenters. The number of amides is 1. The first-order chi connectivity index (χ1) is 13.1. The molecule has 1 heterocycles. The number of hydrogen-bond donors (Lipinski definition) is 1. The summed E-state index contributed by atoms with van der Waals surface area (Å²) < 4.78 is 11.0. The van der Waals surface area contributed by atoms with Crippen molar-refractivity contribution in [1.82, 2.24) is 0 Å². The Morgan fingerprint density at radius 2 is 1.78 bits per heavy atom. The van der Waals surface area contributed by atoms with Crippen LogP contribution in [0.1, 0.15) is 30.1 Å². The van der Waals surface area contributed by atoms with Gasteiger partial charge in [0.1, 0.15) is 13.2 Å². The minimum absolute atomic E-state index is 0.0962. The predicted molar refractivity (Wildman–Crippen MR) is 105 cm³/mol. The van der Waals surface area contributed by atoms with Crippen molar-refractivity contribution in [2.24, 2.45) is 0 Å². The number of para-hydroxylation sites is 2. The van der Waals surface area contributed by atoms with Crippen LogP contribution in [0.4, 0.5) is 11.4 Å². The Morgan fingerprint density at radius 3 is 2.56 bits per heavy atom. The molecule has 142 valence electrons. The minimum Gasteiger partial charge on any atom is -0.486 e. The van der Waals surface area contributed by atoms with E-state index in [1.54, 1.807) is 18.2 Å². The molecular formula is C21H24N2O4. The Bertz CT molecular complexity index is 835. The van der Waals surface area contributed by atoms with E-state index in [1.165, 1.54) is 0 Å². The second-order valence-corrected chi connectivity index (χ2v) is 6.36. The summed E-state index contributed by atoms with van der Waals surface area (Å²) in [6.07, 6.45) is 0.259. The molecule has 1 aliphatic rings. The van der Waals surface area contributed by atoms with Crippen molar-refractivity contribution in [3.63, 3.8) is 0 Å². The molecule has 1 aliphatic heterocycles. The first-order valence-electron chi connectivity index (χ1n) is 9.11. The number of nitrogens with zero attached hydrogens (tertiary/aromatic N) is 1. The fraction of sp³-hybridized carbons (Fsp3) is 0.333. The molecule has 0 atom stereocenters. The Kier molecular flexibility index (Phi) is 5.96. The molecular weight excluding hydrogens is 344 g/mol. The van der Waals surface area contributed by atoms with Gasteiger partial charge >= 0.3 is 0 Å². The monoisotopic (exact) mass is 368 g/mol. The molecule has 0 bridgehead atoms. The van der Waals surface area contributed by atoms with Crippen molar-refractivity contribution in [2.75, 3.05) is 37.0 Å². The van der Waals surface area contributed by atoms with E-state index in [0.29, 0.717) is 30.3 Å². The lowest BCUT2D eigenvalue weighted by molar-refractivity contribution is -0.116. The Morgan fingerprint density at radius 1 is 1.04 bits per heavy atom. The number of hydrogen-bond acceptors (Lipinski definition) is 5. The zero-order valence-corrected chi connectivity index (χ0v) is 15.7. The van der Waals surface area contributed by atoms with Crippen molar-refractivity contribution in [1.29, 1.82) is 0 Å². The lowest BCUT2D eigenvalue weighted by atomic mass is 10.1. The van der Waals surface area contributed by atoms with Gasteiger partial charge in [-0.1, -0.05) is 12.1 Å². The number of nitrogens with one attached hydrogen (secondary N) is 1. The van der Waals surface area contributed by atoms with Gasteiger partial charge in [0.15, 0.2) is 17.3 Å². The number of carbonyl (C=O) groups excluding carboxylic acids is 2. The van der Waals surface area contributed by atoms with Gasteiger partial charge in [-0.3, -0.25) is 9.59 Å². The van der Waals surface area contributed by atoms with E-state index in [9.17, 15) is 9.59 Å². The number of anilines is 2. The summed E-state index contributed by atoms with van der Waals surface area (Å²) in [4.78, 5) is 26.8. The Hall–Kier alpha value is -3.02. The van der Waals surface area contributed by atoms with Crippen LogP contribution in [0.25, 0.3) is 0 Å². The number of carbonyl (C=O) groups is 2. The molecule has 0 fully saturated rings. The standard InChI is InChI=1S/C21H24N2O4/c1-3-23(2)17-7-5-4-6-16(17)22-21(25)11-9-18(24)15-8-10-19-20(14-15)27-13-12-26-19/h4-8,10,14H,3,9,11-13H2,1-2H3,(H,22,25). The predicted octanol–water partition coefficient (Wildman–Crippen LogP) is 3.52. The van der Waals surface area contributed by atoms with Crippen LogP contribution in [-0.4, -0.2) is 38.5 Å². The van der Waals surface area contributed by atoms with Gasteiger partial charge in [0.25, 0.3) is 0 Å². The number of benzene rings is 2. The molecule has 3 rings (SSSR count). The number of rotatable bonds is 7. The minimum atomic E-state index is -0.183. The highest BCUT2D eigenvalue weighted by atomic mass is 16.6. The zero-order valence-electron chi connectivity index (χ0n) is 15.7. The molecule has 0 spiro atoms. The Labute approximate surface area is 159 Å². The van der Waals surface area contributed by atoms with Crippen LogP contribution in [0.5, 0.6) is 11.5 Å². The fourth-order valence-electron chi connectivity index (χ4n) is 2.88. The van der Waals surface area contributed by atoms with E-state index in [0.717, 1.165) is 17.9 Å². The SMILES string of the molecule is CCN(C)c1ccccc1NC(=O)CCC(=O)c1ccc2c(c1)OCCO2. The van der Waals surface area contributed by atoms with Crippen LogP contribution in [0, 0.1) is 0 Å². The maximum atomic E-state index is 12.4. The van der Waals surface area contributed by atoms with Crippen molar-refractivity contribution in [2.45, 2.75) is 19.8 Å². The quantitative estimate of drug-likeness (QED) is 0.758. The normalized spacial score (nSPS) is 12.4. The summed E-state index contributed by atoms with van der Waals surface area (Å²) in [6.45, 7) is 3.86. The average molecular weight is 368 g/mol. The van der Waals surface area contributed by atoms with E-state index < -0.39 is 0 Å². The van der Waals surface area contributed by atoms with Crippen molar-refractivity contribution in [3.8, 4) is 11.5 Å².